The van der Waals surface area contributed by atoms with Crippen LogP contribution in [0.25, 0.3) is 5.76 Å². The quantitative estimate of drug-likeness (QED) is 0.266. The fourth-order valence-corrected chi connectivity index (χ4v) is 5.26. The fraction of sp³-hybridized carbons (Fsp3) is 0.261. The van der Waals surface area contributed by atoms with Crippen molar-refractivity contribution < 1.29 is 44.1 Å². The summed E-state index contributed by atoms with van der Waals surface area (Å²) in [5, 5.41) is 49.4. The fourth-order valence-electron chi connectivity index (χ4n) is 5.26. The van der Waals surface area contributed by atoms with Gasteiger partial charge in [0, 0.05) is 29.7 Å². The van der Waals surface area contributed by atoms with Crippen molar-refractivity contribution in [1.29, 1.82) is 0 Å². The average molecular weight is 481 g/mol. The molecule has 180 valence electrons. The predicted octanol–water partition coefficient (Wildman–Crippen LogP) is 0.664. The molecule has 3 atom stereocenters. The van der Waals surface area contributed by atoms with Gasteiger partial charge in [-0.1, -0.05) is 5.16 Å². The molecular formula is C23H19N3O9. The minimum absolute atomic E-state index is 0.0198. The summed E-state index contributed by atoms with van der Waals surface area (Å²) in [7, 11) is 0. The average Bonchev–Trinajstić information content (AvgIpc) is 3.33. The number of aromatic nitrogens is 1. The number of aliphatic hydroxyl groups excluding tert-OH is 2. The lowest BCUT2D eigenvalue weighted by Crippen LogP contribution is -2.58. The smallest absolute Gasteiger partial charge is 0.294 e. The first kappa shape index (κ1) is 22.3. The minimum atomic E-state index is -2.64. The Labute approximate surface area is 196 Å². The molecule has 7 N–H and O–H groups in total. The number of carbonyl (C=O) groups excluding carboxylic acids is 4. The third kappa shape index (κ3) is 3.06. The number of amides is 2. The lowest BCUT2D eigenvalue weighted by molar-refractivity contribution is -0.147. The second kappa shape index (κ2) is 7.53. The number of primary amides is 1. The number of hydrogen-bond donors (Lipinski definition) is 6. The Morgan fingerprint density at radius 3 is 2.54 bits per heavy atom. The molecule has 0 unspecified atom stereocenters. The first-order chi connectivity index (χ1) is 16.6. The van der Waals surface area contributed by atoms with E-state index >= 15 is 0 Å². The van der Waals surface area contributed by atoms with E-state index in [4.69, 9.17) is 10.3 Å². The number of phenolic OH excluding ortho intramolecular Hbond substituents is 1. The van der Waals surface area contributed by atoms with Crippen molar-refractivity contribution in [3.63, 3.8) is 0 Å². The second-order valence-electron chi connectivity index (χ2n) is 8.72. The van der Waals surface area contributed by atoms with Gasteiger partial charge in [0.15, 0.2) is 11.4 Å². The SMILES string of the molecule is NC(=O)C1=C(O)[C@@]2(O)C(=O)C3=C(O)c4c(O)ccc(NC(=O)c5ccno5)c4C[C@H]3C[C@H]2CC1=O. The molecule has 0 saturated heterocycles. The number of nitrogens with one attached hydrogen (secondary N) is 1. The van der Waals surface area contributed by atoms with Crippen molar-refractivity contribution in [3.8, 4) is 5.75 Å². The summed E-state index contributed by atoms with van der Waals surface area (Å²) in [4.78, 5) is 50.0. The van der Waals surface area contributed by atoms with Crippen molar-refractivity contribution in [2.75, 3.05) is 5.32 Å². The third-order valence-corrected chi connectivity index (χ3v) is 6.86. The topological polar surface area (TPSA) is 213 Å². The van der Waals surface area contributed by atoms with Crippen LogP contribution in [0, 0.1) is 11.8 Å². The second-order valence-corrected chi connectivity index (χ2v) is 8.72. The number of carbonyl (C=O) groups is 4. The van der Waals surface area contributed by atoms with E-state index in [0.29, 0.717) is 5.56 Å². The molecule has 0 radical (unpaired) electrons. The summed E-state index contributed by atoms with van der Waals surface area (Å²) >= 11 is 0. The monoisotopic (exact) mass is 481 g/mol. The Balaban J connectivity index is 1.62. The van der Waals surface area contributed by atoms with E-state index in [1.54, 1.807) is 0 Å². The Bertz CT molecular complexity index is 1390. The zero-order valence-corrected chi connectivity index (χ0v) is 17.9. The molecule has 0 bridgehead atoms. The molecule has 1 aromatic heterocycles. The van der Waals surface area contributed by atoms with E-state index in [1.165, 1.54) is 24.4 Å². The van der Waals surface area contributed by atoms with Crippen molar-refractivity contribution >= 4 is 34.8 Å². The summed E-state index contributed by atoms with van der Waals surface area (Å²) < 4.78 is 4.84. The van der Waals surface area contributed by atoms with Crippen LogP contribution >= 0.6 is 0 Å². The van der Waals surface area contributed by atoms with E-state index in [-0.39, 0.29) is 41.2 Å². The Kier molecular flexibility index (Phi) is 4.81. The Morgan fingerprint density at radius 2 is 1.89 bits per heavy atom. The third-order valence-electron chi connectivity index (χ3n) is 6.86. The highest BCUT2D eigenvalue weighted by atomic mass is 16.5. The van der Waals surface area contributed by atoms with Gasteiger partial charge in [0.25, 0.3) is 11.8 Å². The van der Waals surface area contributed by atoms with E-state index in [0.717, 1.165) is 0 Å². The molecule has 2 amide bonds. The van der Waals surface area contributed by atoms with Gasteiger partial charge in [0.1, 0.15) is 22.8 Å². The number of ketones is 2. The number of fused-ring (bicyclic) bond motifs is 3. The van der Waals surface area contributed by atoms with Crippen molar-refractivity contribution in [1.82, 2.24) is 5.16 Å². The summed E-state index contributed by atoms with van der Waals surface area (Å²) in [6.07, 6.45) is 0.899. The molecule has 12 heteroatoms. The molecule has 0 aliphatic heterocycles. The van der Waals surface area contributed by atoms with Gasteiger partial charge >= 0.3 is 0 Å². The van der Waals surface area contributed by atoms with Gasteiger partial charge in [-0.05, 0) is 36.5 Å². The maximum Gasteiger partial charge on any atom is 0.294 e. The largest absolute Gasteiger partial charge is 0.508 e. The van der Waals surface area contributed by atoms with Crippen LogP contribution in [0.2, 0.25) is 0 Å². The Morgan fingerprint density at radius 1 is 1.14 bits per heavy atom. The number of aliphatic hydroxyl groups is 3. The molecule has 2 aromatic rings. The number of hydrogen-bond acceptors (Lipinski definition) is 10. The van der Waals surface area contributed by atoms with Gasteiger partial charge < -0.3 is 36.0 Å². The van der Waals surface area contributed by atoms with Gasteiger partial charge in [0.05, 0.1) is 11.8 Å². The minimum Gasteiger partial charge on any atom is -0.508 e. The van der Waals surface area contributed by atoms with Crippen LogP contribution in [-0.2, 0) is 20.8 Å². The molecule has 0 spiro atoms. The maximum absolute atomic E-state index is 13.5. The molecule has 1 saturated carbocycles. The van der Waals surface area contributed by atoms with Gasteiger partial charge in [-0.3, -0.25) is 19.2 Å². The number of aromatic hydroxyl groups is 1. The van der Waals surface area contributed by atoms with Crippen LogP contribution in [0.4, 0.5) is 5.69 Å². The highest BCUT2D eigenvalue weighted by molar-refractivity contribution is 6.22. The number of rotatable bonds is 3. The van der Waals surface area contributed by atoms with Crippen molar-refractivity contribution in [2.45, 2.75) is 24.9 Å². The van der Waals surface area contributed by atoms with Crippen LogP contribution in [0.5, 0.6) is 5.75 Å². The van der Waals surface area contributed by atoms with E-state index < -0.39 is 64.3 Å². The molecule has 12 nitrogen and oxygen atoms in total. The van der Waals surface area contributed by atoms with Gasteiger partial charge in [-0.15, -0.1) is 0 Å². The zero-order valence-electron chi connectivity index (χ0n) is 17.9. The summed E-state index contributed by atoms with van der Waals surface area (Å²) in [6, 6.07) is 3.97. The van der Waals surface area contributed by atoms with Crippen LogP contribution in [-0.4, -0.2) is 54.6 Å². The first-order valence-corrected chi connectivity index (χ1v) is 10.6. The van der Waals surface area contributed by atoms with E-state index in [1.807, 2.05) is 0 Å². The number of phenols is 1. The number of benzene rings is 1. The molecule has 1 aromatic carbocycles. The molecule has 5 rings (SSSR count). The summed E-state index contributed by atoms with van der Waals surface area (Å²) in [6.45, 7) is 0. The van der Waals surface area contributed by atoms with Gasteiger partial charge in [-0.2, -0.15) is 0 Å². The van der Waals surface area contributed by atoms with Gasteiger partial charge in [-0.25, -0.2) is 0 Å². The van der Waals surface area contributed by atoms with Crippen molar-refractivity contribution in [2.24, 2.45) is 17.6 Å². The maximum atomic E-state index is 13.5. The predicted molar refractivity (Wildman–Crippen MR) is 116 cm³/mol. The highest BCUT2D eigenvalue weighted by Gasteiger charge is 2.60. The molecule has 3 aliphatic rings. The molecule has 35 heavy (non-hydrogen) atoms. The number of Topliss-reactive ketones (excluding diaryl/α,β-unsaturated/α-hetero) is 2. The van der Waals surface area contributed by atoms with Gasteiger partial charge in [0.2, 0.25) is 11.5 Å². The lowest BCUT2D eigenvalue weighted by atomic mass is 9.59. The molecule has 1 heterocycles. The normalized spacial score (nSPS) is 25.6. The Hall–Kier alpha value is -4.45. The number of nitrogens with two attached hydrogens (primary N) is 1. The highest BCUT2D eigenvalue weighted by Crippen LogP contribution is 2.52. The van der Waals surface area contributed by atoms with Crippen LogP contribution in [0.3, 0.4) is 0 Å². The standard InChI is InChI=1S/C23H19N3O9/c24-21(32)17-13(28)7-9-5-8-6-10-11(26-22(33)14-3-4-25-35-14)1-2-12(27)16(10)18(29)15(8)19(30)23(9,34)20(17)31/h1-4,8-9,27,29,31,34H,5-7H2,(H2,24,32)(H,26,33)/t8-,9+,23+/m1/s1. The molecule has 1 fully saturated rings. The van der Waals surface area contributed by atoms with Crippen molar-refractivity contribution in [3.05, 3.63) is 58.2 Å². The van der Waals surface area contributed by atoms with Crippen LogP contribution in [0.1, 0.15) is 34.5 Å². The lowest BCUT2D eigenvalue weighted by Gasteiger charge is -2.46. The molecular weight excluding hydrogens is 462 g/mol. The zero-order chi connectivity index (χ0) is 25.2. The van der Waals surface area contributed by atoms with E-state index in [9.17, 15) is 39.6 Å². The van der Waals surface area contributed by atoms with E-state index in [2.05, 4.69) is 10.5 Å². The summed E-state index contributed by atoms with van der Waals surface area (Å²) in [5.74, 6) is -7.88. The number of nitrogens with zero attached hydrogens (tertiary/aromatic N) is 1. The molecule has 3 aliphatic carbocycles. The van der Waals surface area contributed by atoms with Crippen LogP contribution < -0.4 is 11.1 Å². The number of anilines is 1. The van der Waals surface area contributed by atoms with Crippen LogP contribution in [0.15, 0.2) is 45.8 Å². The first-order valence-electron chi connectivity index (χ1n) is 10.6. The summed E-state index contributed by atoms with van der Waals surface area (Å²) in [5.41, 5.74) is 1.83.